The Hall–Kier alpha value is -2.23. The number of nitrogen functional groups attached to an aromatic ring is 1. The molecule has 0 atom stereocenters. The third-order valence-electron chi connectivity index (χ3n) is 5.75. The van der Waals surface area contributed by atoms with Gasteiger partial charge in [0.05, 0.1) is 42.2 Å². The monoisotopic (exact) mass is 415 g/mol. The number of morpholine rings is 1. The van der Waals surface area contributed by atoms with Crippen molar-refractivity contribution in [2.75, 3.05) is 37.0 Å². The predicted octanol–water partition coefficient (Wildman–Crippen LogP) is 1.97. The van der Waals surface area contributed by atoms with E-state index in [0.717, 1.165) is 51.3 Å². The summed E-state index contributed by atoms with van der Waals surface area (Å²) in [5.74, 6) is 6.58. The molecule has 5 rings (SSSR count). The lowest BCUT2D eigenvalue weighted by atomic mass is 9.91. The van der Waals surface area contributed by atoms with Crippen LogP contribution >= 0.6 is 11.3 Å². The number of aromatic nitrogens is 3. The van der Waals surface area contributed by atoms with Gasteiger partial charge in [-0.2, -0.15) is 0 Å². The van der Waals surface area contributed by atoms with Crippen LogP contribution in [0.2, 0.25) is 0 Å². The molecular formula is C20H25N5O3S. The first-order valence-corrected chi connectivity index (χ1v) is 10.8. The molecule has 9 heteroatoms. The van der Waals surface area contributed by atoms with E-state index in [4.69, 9.17) is 25.3 Å². The summed E-state index contributed by atoms with van der Waals surface area (Å²) in [5, 5.41) is 0.968. The first-order valence-electron chi connectivity index (χ1n) is 10.0. The Morgan fingerprint density at radius 2 is 2.00 bits per heavy atom. The van der Waals surface area contributed by atoms with E-state index in [-0.39, 0.29) is 11.2 Å². The van der Waals surface area contributed by atoms with Crippen molar-refractivity contribution >= 4 is 37.5 Å². The number of ether oxygens (including phenoxy) is 2. The second kappa shape index (κ2) is 6.65. The molecule has 154 valence electrons. The lowest BCUT2D eigenvalue weighted by Crippen LogP contribution is -2.39. The van der Waals surface area contributed by atoms with Gasteiger partial charge in [0.2, 0.25) is 0 Å². The van der Waals surface area contributed by atoms with Crippen molar-refractivity contribution < 1.29 is 9.47 Å². The number of rotatable bonds is 2. The minimum atomic E-state index is -0.263. The van der Waals surface area contributed by atoms with Gasteiger partial charge in [-0.1, -0.05) is 6.92 Å². The maximum absolute atomic E-state index is 12.9. The number of aryl methyl sites for hydroxylation is 1. The van der Waals surface area contributed by atoms with Crippen LogP contribution in [0.1, 0.15) is 37.9 Å². The van der Waals surface area contributed by atoms with Crippen LogP contribution in [-0.4, -0.2) is 46.5 Å². The highest BCUT2D eigenvalue weighted by atomic mass is 32.1. The summed E-state index contributed by atoms with van der Waals surface area (Å²) in [7, 11) is 0. The van der Waals surface area contributed by atoms with Crippen LogP contribution in [-0.2, 0) is 28.9 Å². The van der Waals surface area contributed by atoms with Crippen LogP contribution in [0.5, 0.6) is 0 Å². The van der Waals surface area contributed by atoms with Crippen LogP contribution in [0, 0.1) is 0 Å². The van der Waals surface area contributed by atoms with Gasteiger partial charge in [0, 0.05) is 31.5 Å². The van der Waals surface area contributed by atoms with Crippen molar-refractivity contribution in [1.82, 2.24) is 14.6 Å². The Balaban J connectivity index is 1.89. The van der Waals surface area contributed by atoms with Crippen LogP contribution in [0.3, 0.4) is 0 Å². The third-order valence-corrected chi connectivity index (χ3v) is 6.81. The summed E-state index contributed by atoms with van der Waals surface area (Å²) in [4.78, 5) is 25.8. The molecule has 0 aliphatic carbocycles. The van der Waals surface area contributed by atoms with Gasteiger partial charge in [-0.3, -0.25) is 4.79 Å². The van der Waals surface area contributed by atoms with E-state index in [2.05, 4.69) is 18.7 Å². The number of hydrogen-bond acceptors (Lipinski definition) is 8. The van der Waals surface area contributed by atoms with Gasteiger partial charge in [-0.25, -0.2) is 14.6 Å². The highest BCUT2D eigenvalue weighted by Crippen LogP contribution is 2.43. The minimum Gasteiger partial charge on any atom is -0.378 e. The number of nitrogens with two attached hydrogens (primary N) is 1. The van der Waals surface area contributed by atoms with E-state index in [1.807, 2.05) is 6.92 Å². The zero-order valence-electron chi connectivity index (χ0n) is 16.9. The SMILES string of the molecule is CCc1nc2c(sc3nc4c(c(N5CCOCC5)c32)CC(C)(C)OC4)c(=O)n1N. The van der Waals surface area contributed by atoms with Crippen LogP contribution in [0.15, 0.2) is 4.79 Å². The first kappa shape index (κ1) is 18.8. The molecule has 2 aliphatic rings. The normalized spacial score (nSPS) is 19.1. The lowest BCUT2D eigenvalue weighted by Gasteiger charge is -2.37. The molecule has 0 unspecified atom stereocenters. The summed E-state index contributed by atoms with van der Waals surface area (Å²) < 4.78 is 13.4. The topological polar surface area (TPSA) is 95.5 Å². The van der Waals surface area contributed by atoms with Gasteiger partial charge < -0.3 is 20.2 Å². The smallest absolute Gasteiger partial charge is 0.289 e. The quantitative estimate of drug-likeness (QED) is 0.639. The van der Waals surface area contributed by atoms with Gasteiger partial charge in [-0.05, 0) is 13.8 Å². The zero-order chi connectivity index (χ0) is 20.3. The molecule has 29 heavy (non-hydrogen) atoms. The molecule has 5 heterocycles. The summed E-state index contributed by atoms with van der Waals surface area (Å²) >= 11 is 1.37. The summed E-state index contributed by atoms with van der Waals surface area (Å²) in [6, 6.07) is 0. The molecule has 1 saturated heterocycles. The van der Waals surface area contributed by atoms with E-state index in [9.17, 15) is 4.79 Å². The van der Waals surface area contributed by atoms with E-state index in [0.29, 0.717) is 36.8 Å². The Morgan fingerprint density at radius 1 is 1.24 bits per heavy atom. The average Bonchev–Trinajstić information content (AvgIpc) is 3.07. The van der Waals surface area contributed by atoms with E-state index >= 15 is 0 Å². The number of anilines is 1. The average molecular weight is 416 g/mol. The molecule has 2 N–H and O–H groups in total. The predicted molar refractivity (Wildman–Crippen MR) is 114 cm³/mol. The highest BCUT2D eigenvalue weighted by molar-refractivity contribution is 7.25. The summed E-state index contributed by atoms with van der Waals surface area (Å²) in [6.45, 7) is 9.61. The van der Waals surface area contributed by atoms with E-state index in [1.165, 1.54) is 16.9 Å². The van der Waals surface area contributed by atoms with Crippen molar-refractivity contribution in [2.24, 2.45) is 0 Å². The van der Waals surface area contributed by atoms with Crippen molar-refractivity contribution in [1.29, 1.82) is 0 Å². The van der Waals surface area contributed by atoms with Crippen molar-refractivity contribution in [3.63, 3.8) is 0 Å². The molecule has 2 aliphatic heterocycles. The van der Waals surface area contributed by atoms with Crippen molar-refractivity contribution in [2.45, 2.75) is 45.8 Å². The molecule has 1 fully saturated rings. The lowest BCUT2D eigenvalue weighted by molar-refractivity contribution is -0.0417. The Bertz CT molecular complexity index is 1180. The molecule has 3 aromatic rings. The third kappa shape index (κ3) is 2.91. The Labute approximate surface area is 172 Å². The minimum absolute atomic E-state index is 0.211. The van der Waals surface area contributed by atoms with Crippen molar-refractivity contribution in [3.8, 4) is 0 Å². The summed E-state index contributed by atoms with van der Waals surface area (Å²) in [5.41, 5.74) is 3.54. The highest BCUT2D eigenvalue weighted by Gasteiger charge is 2.33. The Kier molecular flexibility index (Phi) is 4.30. The summed E-state index contributed by atoms with van der Waals surface area (Å²) in [6.07, 6.45) is 1.36. The maximum atomic E-state index is 12.9. The molecule has 8 nitrogen and oxygen atoms in total. The maximum Gasteiger partial charge on any atom is 0.289 e. The molecule has 0 bridgehead atoms. The van der Waals surface area contributed by atoms with Gasteiger partial charge in [-0.15, -0.1) is 11.3 Å². The number of hydrogen-bond donors (Lipinski definition) is 1. The van der Waals surface area contributed by atoms with Crippen LogP contribution < -0.4 is 16.3 Å². The molecule has 0 aromatic carbocycles. The Morgan fingerprint density at radius 3 is 2.72 bits per heavy atom. The number of thiophene rings is 1. The van der Waals surface area contributed by atoms with E-state index < -0.39 is 0 Å². The molecule has 0 spiro atoms. The molecule has 3 aromatic heterocycles. The van der Waals surface area contributed by atoms with Crippen LogP contribution in [0.25, 0.3) is 20.4 Å². The second-order valence-corrected chi connectivity index (χ2v) is 9.23. The zero-order valence-corrected chi connectivity index (χ0v) is 17.8. The number of fused-ring (bicyclic) bond motifs is 4. The molecule has 0 saturated carbocycles. The largest absolute Gasteiger partial charge is 0.378 e. The fourth-order valence-corrected chi connectivity index (χ4v) is 5.35. The number of pyridine rings is 1. The van der Waals surface area contributed by atoms with Gasteiger partial charge in [0.1, 0.15) is 20.9 Å². The van der Waals surface area contributed by atoms with E-state index in [1.54, 1.807) is 0 Å². The van der Waals surface area contributed by atoms with Crippen molar-refractivity contribution in [3.05, 3.63) is 27.4 Å². The molecule has 0 amide bonds. The number of nitrogens with zero attached hydrogens (tertiary/aromatic N) is 4. The van der Waals surface area contributed by atoms with Crippen LogP contribution in [0.4, 0.5) is 5.69 Å². The van der Waals surface area contributed by atoms with Gasteiger partial charge in [0.15, 0.2) is 0 Å². The van der Waals surface area contributed by atoms with Gasteiger partial charge >= 0.3 is 0 Å². The van der Waals surface area contributed by atoms with Gasteiger partial charge in [0.25, 0.3) is 5.56 Å². The second-order valence-electron chi connectivity index (χ2n) is 8.23. The molecular weight excluding hydrogens is 390 g/mol. The molecule has 0 radical (unpaired) electrons. The fraction of sp³-hybridized carbons (Fsp3) is 0.550. The fourth-order valence-electron chi connectivity index (χ4n) is 4.27. The first-order chi connectivity index (χ1) is 13.9. The standard InChI is InChI=1S/C20H25N5O3S/c1-4-13-23-15-14-16(24-5-7-27-8-6-24)11-9-20(2,3)28-10-12(11)22-18(14)29-17(15)19(26)25(13)21/h4-10,21H2,1-3H3.